The van der Waals surface area contributed by atoms with Crippen LogP contribution in [-0.4, -0.2) is 50.6 Å². The average Bonchev–Trinajstić information content (AvgIpc) is 3.39. The van der Waals surface area contributed by atoms with Crippen LogP contribution < -0.4 is 16.6 Å². The molecule has 2 aromatic heterocycles. The lowest BCUT2D eigenvalue weighted by atomic mass is 9.81. The molecule has 0 unspecified atom stereocenters. The quantitative estimate of drug-likeness (QED) is 0.148. The van der Waals surface area contributed by atoms with E-state index in [1.54, 1.807) is 6.92 Å². The number of fused-ring (bicyclic) bond motifs is 5. The lowest BCUT2D eigenvalue weighted by Crippen LogP contribution is -2.49. The standard InChI is InChI=1S/C32H32F4N4O6S2/c1-5-31(46-29(44)32(34,35)36)18-8-22-26-16(10-40(22)27(42)17(18)11-45-28(31)43)25-20(38-23(41)12-47-48-30(3,4)13-37)7-6-15-14(2)19(33)9-21(39-26)24(15)25/h8-9,20H,5-7,10-13,37H2,1-4H3,(H,38,41)/t20-,31-/m0/s1. The summed E-state index contributed by atoms with van der Waals surface area (Å²) < 4.78 is 66.2. The summed E-state index contributed by atoms with van der Waals surface area (Å²) in [6.07, 6.45) is -4.96. The molecule has 16 heteroatoms. The van der Waals surface area contributed by atoms with E-state index in [4.69, 9.17) is 20.2 Å². The van der Waals surface area contributed by atoms with Crippen molar-refractivity contribution in [2.24, 2.45) is 5.73 Å². The Morgan fingerprint density at radius 1 is 1.21 bits per heavy atom. The van der Waals surface area contributed by atoms with E-state index in [0.29, 0.717) is 41.5 Å². The zero-order valence-corrected chi connectivity index (χ0v) is 28.1. The van der Waals surface area contributed by atoms with Crippen molar-refractivity contribution in [3.63, 3.8) is 0 Å². The molecule has 10 nitrogen and oxygen atoms in total. The maximum atomic E-state index is 15.2. The summed E-state index contributed by atoms with van der Waals surface area (Å²) in [5, 5.41) is 3.77. The van der Waals surface area contributed by atoms with E-state index < -0.39 is 54.2 Å². The van der Waals surface area contributed by atoms with Crippen LogP contribution in [0.5, 0.6) is 0 Å². The highest BCUT2D eigenvalue weighted by Gasteiger charge is 2.55. The molecule has 0 radical (unpaired) electrons. The molecule has 1 amide bonds. The molecular formula is C32H32F4N4O6S2. The number of rotatable bonds is 8. The number of nitrogens with two attached hydrogens (primary N) is 1. The summed E-state index contributed by atoms with van der Waals surface area (Å²) >= 11 is 0. The predicted molar refractivity (Wildman–Crippen MR) is 172 cm³/mol. The molecule has 1 aliphatic carbocycles. The molecule has 256 valence electrons. The maximum absolute atomic E-state index is 15.2. The molecule has 2 aliphatic heterocycles. The first-order valence-electron chi connectivity index (χ1n) is 15.2. The fourth-order valence-electron chi connectivity index (χ4n) is 6.58. The van der Waals surface area contributed by atoms with Gasteiger partial charge in [0.1, 0.15) is 12.4 Å². The molecule has 3 N–H and O–H groups in total. The van der Waals surface area contributed by atoms with Crippen LogP contribution in [0.2, 0.25) is 0 Å². The Morgan fingerprint density at radius 2 is 1.94 bits per heavy atom. The van der Waals surface area contributed by atoms with Gasteiger partial charge in [-0.2, -0.15) is 13.2 Å². The van der Waals surface area contributed by atoms with Crippen molar-refractivity contribution in [2.45, 2.75) is 82.7 Å². The number of nitrogens with zero attached hydrogens (tertiary/aromatic N) is 2. The SMILES string of the molecule is CC[C@@]1(OC(=O)C(F)(F)F)C(=O)OCc2c1cc1n(c2=O)Cc2c-1nc1cc(F)c(C)c3c1c2[C@@H](NC(=O)CSSC(C)(C)CN)CC3. The zero-order chi connectivity index (χ0) is 34.9. The smallest absolute Gasteiger partial charge is 0.457 e. The molecule has 1 aromatic carbocycles. The van der Waals surface area contributed by atoms with Gasteiger partial charge < -0.3 is 25.1 Å². The number of alkyl halides is 3. The Kier molecular flexibility index (Phi) is 8.60. The minimum absolute atomic E-state index is 0.0119. The van der Waals surface area contributed by atoms with E-state index in [2.05, 4.69) is 5.32 Å². The summed E-state index contributed by atoms with van der Waals surface area (Å²) in [5.41, 5.74) is 5.34. The number of aromatic nitrogens is 2. The fourth-order valence-corrected chi connectivity index (χ4v) is 8.88. The molecule has 0 spiro atoms. The molecule has 2 atom stereocenters. The van der Waals surface area contributed by atoms with Crippen molar-refractivity contribution >= 4 is 50.3 Å². The number of carbonyl (C=O) groups excluding carboxylic acids is 3. The number of amides is 1. The highest BCUT2D eigenvalue weighted by atomic mass is 33.1. The van der Waals surface area contributed by atoms with E-state index in [1.807, 2.05) is 13.8 Å². The molecular weight excluding hydrogens is 676 g/mol. The first-order chi connectivity index (χ1) is 22.5. The Balaban J connectivity index is 1.49. The Hall–Kier alpha value is -3.63. The van der Waals surface area contributed by atoms with Crippen molar-refractivity contribution < 1.29 is 41.4 Å². The highest BCUT2D eigenvalue weighted by molar-refractivity contribution is 8.77. The third-order valence-electron chi connectivity index (χ3n) is 9.15. The summed E-state index contributed by atoms with van der Waals surface area (Å²) in [4.78, 5) is 57.0. The monoisotopic (exact) mass is 708 g/mol. The van der Waals surface area contributed by atoms with E-state index in [9.17, 15) is 32.3 Å². The molecule has 6 rings (SSSR count). The highest BCUT2D eigenvalue weighted by Crippen LogP contribution is 2.47. The van der Waals surface area contributed by atoms with Gasteiger partial charge in [-0.3, -0.25) is 9.59 Å². The van der Waals surface area contributed by atoms with Gasteiger partial charge in [-0.05, 0) is 62.8 Å². The van der Waals surface area contributed by atoms with Crippen LogP contribution in [0.25, 0.3) is 22.3 Å². The minimum Gasteiger partial charge on any atom is -0.457 e. The summed E-state index contributed by atoms with van der Waals surface area (Å²) in [5.74, 6) is -4.42. The van der Waals surface area contributed by atoms with E-state index in [1.165, 1.54) is 45.2 Å². The average molecular weight is 709 g/mol. The molecule has 0 saturated heterocycles. The number of benzene rings is 1. The number of aryl methyl sites for hydroxylation is 1. The molecule has 0 bridgehead atoms. The minimum atomic E-state index is -5.42. The second-order valence-electron chi connectivity index (χ2n) is 12.6. The predicted octanol–water partition coefficient (Wildman–Crippen LogP) is 4.86. The van der Waals surface area contributed by atoms with Gasteiger partial charge in [-0.15, -0.1) is 0 Å². The number of hydrogen-bond acceptors (Lipinski definition) is 10. The van der Waals surface area contributed by atoms with Crippen LogP contribution >= 0.6 is 21.6 Å². The summed E-state index contributed by atoms with van der Waals surface area (Å²) in [6, 6.07) is 2.09. The van der Waals surface area contributed by atoms with Crippen molar-refractivity contribution in [1.29, 1.82) is 0 Å². The molecule has 48 heavy (non-hydrogen) atoms. The molecule has 3 aliphatic rings. The van der Waals surface area contributed by atoms with Crippen molar-refractivity contribution in [1.82, 2.24) is 14.9 Å². The molecule has 0 fully saturated rings. The van der Waals surface area contributed by atoms with E-state index in [0.717, 1.165) is 5.56 Å². The topological polar surface area (TPSA) is 143 Å². The maximum Gasteiger partial charge on any atom is 0.490 e. The van der Waals surface area contributed by atoms with Crippen molar-refractivity contribution in [2.75, 3.05) is 12.3 Å². The van der Waals surface area contributed by atoms with Crippen LogP contribution in [0.15, 0.2) is 16.9 Å². The zero-order valence-electron chi connectivity index (χ0n) is 26.4. The number of nitrogens with one attached hydrogen (secondary N) is 1. The largest absolute Gasteiger partial charge is 0.490 e. The van der Waals surface area contributed by atoms with Gasteiger partial charge in [0.25, 0.3) is 5.56 Å². The summed E-state index contributed by atoms with van der Waals surface area (Å²) in [6.45, 7) is 6.83. The van der Waals surface area contributed by atoms with Gasteiger partial charge in [0.2, 0.25) is 11.5 Å². The van der Waals surface area contributed by atoms with E-state index >= 15 is 4.39 Å². The number of hydrogen-bond donors (Lipinski definition) is 2. The van der Waals surface area contributed by atoms with Crippen LogP contribution in [0.1, 0.15) is 73.0 Å². The van der Waals surface area contributed by atoms with Gasteiger partial charge in [0, 0.05) is 33.9 Å². The lowest BCUT2D eigenvalue weighted by molar-refractivity contribution is -0.223. The Bertz CT molecular complexity index is 1960. The van der Waals surface area contributed by atoms with Crippen LogP contribution in [0.4, 0.5) is 17.6 Å². The molecule has 0 saturated carbocycles. The van der Waals surface area contributed by atoms with Crippen LogP contribution in [0, 0.1) is 12.7 Å². The Labute approximate surface area is 279 Å². The fraction of sp³-hybridized carbons (Fsp3) is 0.469. The normalized spacial score (nSPS) is 19.8. The van der Waals surface area contributed by atoms with Gasteiger partial charge in [-0.25, -0.2) is 19.0 Å². The van der Waals surface area contributed by atoms with E-state index in [-0.39, 0.29) is 51.0 Å². The molecule has 4 heterocycles. The third-order valence-corrected chi connectivity index (χ3v) is 12.3. The van der Waals surface area contributed by atoms with Gasteiger partial charge in [0.05, 0.1) is 40.8 Å². The third kappa shape index (κ3) is 5.54. The van der Waals surface area contributed by atoms with Gasteiger partial charge in [-0.1, -0.05) is 28.5 Å². The van der Waals surface area contributed by atoms with Gasteiger partial charge in [0.15, 0.2) is 0 Å². The Morgan fingerprint density at radius 3 is 2.60 bits per heavy atom. The summed E-state index contributed by atoms with van der Waals surface area (Å²) in [7, 11) is 2.88. The number of halogens is 4. The van der Waals surface area contributed by atoms with Crippen molar-refractivity contribution in [3.8, 4) is 11.4 Å². The molecule has 3 aromatic rings. The second-order valence-corrected chi connectivity index (χ2v) is 15.6. The second kappa shape index (κ2) is 12.1. The van der Waals surface area contributed by atoms with Crippen LogP contribution in [-0.2, 0) is 49.0 Å². The number of carbonyl (C=O) groups is 3. The van der Waals surface area contributed by atoms with Gasteiger partial charge >= 0.3 is 18.1 Å². The number of esters is 2. The van der Waals surface area contributed by atoms with Crippen molar-refractivity contribution in [3.05, 3.63) is 61.7 Å². The number of pyridine rings is 2. The lowest BCUT2D eigenvalue weighted by Gasteiger charge is -2.35. The first kappa shape index (κ1) is 34.2. The number of ether oxygens (including phenoxy) is 2. The number of cyclic esters (lactones) is 1. The first-order valence-corrected chi connectivity index (χ1v) is 17.5. The van der Waals surface area contributed by atoms with Crippen LogP contribution in [0.3, 0.4) is 0 Å².